The molecule has 0 radical (unpaired) electrons. The molecule has 0 bridgehead atoms. The molecule has 3 aromatic rings. The molecule has 116 valence electrons. The molecule has 0 aliphatic rings. The molecule has 0 aliphatic heterocycles. The molecule has 5 nitrogen and oxygen atoms in total. The van der Waals surface area contributed by atoms with Gasteiger partial charge in [-0.15, -0.1) is 5.10 Å². The molecule has 23 heavy (non-hydrogen) atoms. The number of nitrogens with one attached hydrogen (secondary N) is 2. The van der Waals surface area contributed by atoms with Crippen molar-refractivity contribution in [1.29, 1.82) is 0 Å². The van der Waals surface area contributed by atoms with Crippen LogP contribution in [0.25, 0.3) is 0 Å². The van der Waals surface area contributed by atoms with Gasteiger partial charge in [-0.05, 0) is 36.4 Å². The van der Waals surface area contributed by atoms with Gasteiger partial charge in [0.2, 0.25) is 5.95 Å². The van der Waals surface area contributed by atoms with E-state index < -0.39 is 0 Å². The van der Waals surface area contributed by atoms with Crippen molar-refractivity contribution >= 4 is 46.3 Å². The van der Waals surface area contributed by atoms with E-state index in [0.29, 0.717) is 27.2 Å². The number of hydrogen-bond acceptors (Lipinski definition) is 5. The zero-order chi connectivity index (χ0) is 16.2. The van der Waals surface area contributed by atoms with E-state index >= 15 is 0 Å². The van der Waals surface area contributed by atoms with Crippen molar-refractivity contribution in [2.75, 3.05) is 10.6 Å². The minimum atomic E-state index is -0.344. The van der Waals surface area contributed by atoms with Crippen molar-refractivity contribution < 1.29 is 4.39 Å². The zero-order valence-electron chi connectivity index (χ0n) is 11.6. The van der Waals surface area contributed by atoms with E-state index in [9.17, 15) is 4.39 Å². The molecule has 0 saturated carbocycles. The van der Waals surface area contributed by atoms with Crippen molar-refractivity contribution in [1.82, 2.24) is 15.2 Å². The van der Waals surface area contributed by atoms with Crippen LogP contribution >= 0.6 is 23.2 Å². The Morgan fingerprint density at radius 2 is 1.70 bits per heavy atom. The van der Waals surface area contributed by atoms with Crippen LogP contribution in [0.4, 0.5) is 27.5 Å². The summed E-state index contributed by atoms with van der Waals surface area (Å²) in [5, 5.41) is 14.6. The highest BCUT2D eigenvalue weighted by atomic mass is 35.5. The molecule has 2 aromatic carbocycles. The second-order valence-electron chi connectivity index (χ2n) is 4.58. The van der Waals surface area contributed by atoms with Gasteiger partial charge in [0.1, 0.15) is 5.82 Å². The summed E-state index contributed by atoms with van der Waals surface area (Å²) in [5.74, 6) is 0.329. The van der Waals surface area contributed by atoms with Gasteiger partial charge in [0.05, 0.1) is 6.20 Å². The van der Waals surface area contributed by atoms with Crippen LogP contribution in [0.3, 0.4) is 0 Å². The first-order valence-electron chi connectivity index (χ1n) is 6.54. The van der Waals surface area contributed by atoms with E-state index in [0.717, 1.165) is 0 Å². The van der Waals surface area contributed by atoms with Gasteiger partial charge >= 0.3 is 0 Å². The number of hydrogen-bond donors (Lipinski definition) is 2. The van der Waals surface area contributed by atoms with E-state index in [-0.39, 0.29) is 11.8 Å². The van der Waals surface area contributed by atoms with Gasteiger partial charge in [-0.3, -0.25) is 0 Å². The monoisotopic (exact) mass is 349 g/mol. The number of anilines is 4. The summed E-state index contributed by atoms with van der Waals surface area (Å²) in [7, 11) is 0. The van der Waals surface area contributed by atoms with Gasteiger partial charge in [0.25, 0.3) is 0 Å². The van der Waals surface area contributed by atoms with Crippen LogP contribution in [0.15, 0.2) is 48.7 Å². The maximum Gasteiger partial charge on any atom is 0.249 e. The van der Waals surface area contributed by atoms with Crippen molar-refractivity contribution in [3.63, 3.8) is 0 Å². The van der Waals surface area contributed by atoms with Gasteiger partial charge in [-0.2, -0.15) is 10.1 Å². The summed E-state index contributed by atoms with van der Waals surface area (Å²) in [4.78, 5) is 4.25. The lowest BCUT2D eigenvalue weighted by molar-refractivity contribution is 0.628. The molecule has 0 spiro atoms. The van der Waals surface area contributed by atoms with Crippen molar-refractivity contribution in [3.05, 3.63) is 64.5 Å². The van der Waals surface area contributed by atoms with E-state index in [1.165, 1.54) is 18.3 Å². The van der Waals surface area contributed by atoms with Gasteiger partial charge < -0.3 is 10.6 Å². The Bertz CT molecular complexity index is 823. The molecule has 0 unspecified atom stereocenters. The SMILES string of the molecule is Fc1cccc(Nc2cnnc(Nc3cc(Cl)cc(Cl)c3)n2)c1. The highest BCUT2D eigenvalue weighted by Gasteiger charge is 2.04. The van der Waals surface area contributed by atoms with E-state index in [2.05, 4.69) is 25.8 Å². The summed E-state index contributed by atoms with van der Waals surface area (Å²) in [5.41, 5.74) is 1.19. The van der Waals surface area contributed by atoms with Crippen LogP contribution in [0, 0.1) is 5.82 Å². The molecule has 3 rings (SSSR count). The third-order valence-corrected chi connectivity index (χ3v) is 3.21. The third-order valence-electron chi connectivity index (χ3n) is 2.77. The molecule has 0 saturated heterocycles. The van der Waals surface area contributed by atoms with Crippen LogP contribution in [-0.2, 0) is 0 Å². The highest BCUT2D eigenvalue weighted by molar-refractivity contribution is 6.35. The van der Waals surface area contributed by atoms with Crippen LogP contribution in [-0.4, -0.2) is 15.2 Å². The summed E-state index contributed by atoms with van der Waals surface area (Å²) in [6.45, 7) is 0. The lowest BCUT2D eigenvalue weighted by Gasteiger charge is -2.08. The zero-order valence-corrected chi connectivity index (χ0v) is 13.1. The second kappa shape index (κ2) is 6.76. The summed E-state index contributed by atoms with van der Waals surface area (Å²) in [6.07, 6.45) is 1.43. The number of nitrogens with zero attached hydrogens (tertiary/aromatic N) is 3. The predicted molar refractivity (Wildman–Crippen MR) is 89.3 cm³/mol. The number of halogens is 3. The minimum absolute atomic E-state index is 0.254. The first-order chi connectivity index (χ1) is 11.1. The normalized spacial score (nSPS) is 10.4. The van der Waals surface area contributed by atoms with Crippen LogP contribution in [0.1, 0.15) is 0 Å². The molecule has 1 aromatic heterocycles. The molecular weight excluding hydrogens is 340 g/mol. The van der Waals surface area contributed by atoms with Crippen LogP contribution in [0.5, 0.6) is 0 Å². The molecule has 1 heterocycles. The first-order valence-corrected chi connectivity index (χ1v) is 7.29. The molecule has 2 N–H and O–H groups in total. The van der Waals surface area contributed by atoms with Crippen LogP contribution in [0.2, 0.25) is 10.0 Å². The smallest absolute Gasteiger partial charge is 0.249 e. The predicted octanol–water partition coefficient (Wildman–Crippen LogP) is 4.80. The van der Waals surface area contributed by atoms with E-state index in [4.69, 9.17) is 23.2 Å². The molecular formula is C15H10Cl2FN5. The fraction of sp³-hybridized carbons (Fsp3) is 0. The van der Waals surface area contributed by atoms with Crippen molar-refractivity contribution in [2.45, 2.75) is 0 Å². The third kappa shape index (κ3) is 4.28. The van der Waals surface area contributed by atoms with E-state index in [1.807, 2.05) is 0 Å². The fourth-order valence-electron chi connectivity index (χ4n) is 1.89. The minimum Gasteiger partial charge on any atom is -0.339 e. The summed E-state index contributed by atoms with van der Waals surface area (Å²) < 4.78 is 13.2. The van der Waals surface area contributed by atoms with Gasteiger partial charge in [0, 0.05) is 21.4 Å². The van der Waals surface area contributed by atoms with E-state index in [1.54, 1.807) is 30.3 Å². The van der Waals surface area contributed by atoms with Gasteiger partial charge in [-0.25, -0.2) is 4.39 Å². The Kier molecular flexibility index (Phi) is 4.55. The summed E-state index contributed by atoms with van der Waals surface area (Å²) in [6, 6.07) is 11.0. The Hall–Kier alpha value is -2.44. The first kappa shape index (κ1) is 15.5. The standard InChI is InChI=1S/C15H10Cl2FN5/c16-9-4-10(17)6-13(5-9)21-15-22-14(8-19-23-15)20-12-3-1-2-11(18)7-12/h1-8H,(H2,20,21,22,23). The molecule has 0 amide bonds. The van der Waals surface area contributed by atoms with Crippen molar-refractivity contribution in [3.8, 4) is 0 Å². The Labute approximate surface area is 141 Å². The Balaban J connectivity index is 1.79. The van der Waals surface area contributed by atoms with Gasteiger partial charge in [0.15, 0.2) is 5.82 Å². The lowest BCUT2D eigenvalue weighted by Crippen LogP contribution is -2.02. The quantitative estimate of drug-likeness (QED) is 0.707. The largest absolute Gasteiger partial charge is 0.339 e. The number of aromatic nitrogens is 3. The highest BCUT2D eigenvalue weighted by Crippen LogP contribution is 2.24. The maximum atomic E-state index is 13.2. The lowest BCUT2D eigenvalue weighted by atomic mass is 10.3. The van der Waals surface area contributed by atoms with Crippen molar-refractivity contribution in [2.24, 2.45) is 0 Å². The fourth-order valence-corrected chi connectivity index (χ4v) is 2.41. The Morgan fingerprint density at radius 3 is 2.43 bits per heavy atom. The summed E-state index contributed by atoms with van der Waals surface area (Å²) >= 11 is 11.9. The topological polar surface area (TPSA) is 62.7 Å². The Morgan fingerprint density at radius 1 is 0.913 bits per heavy atom. The molecule has 0 fully saturated rings. The average Bonchev–Trinajstić information content (AvgIpc) is 2.46. The van der Waals surface area contributed by atoms with Crippen LogP contribution < -0.4 is 10.6 Å². The maximum absolute atomic E-state index is 13.2. The molecule has 8 heteroatoms. The molecule has 0 atom stereocenters. The number of benzene rings is 2. The average molecular weight is 350 g/mol. The van der Waals surface area contributed by atoms with Gasteiger partial charge in [-0.1, -0.05) is 29.3 Å². The molecule has 0 aliphatic carbocycles. The number of rotatable bonds is 4. The second-order valence-corrected chi connectivity index (χ2v) is 5.46.